The number of furan rings is 1. The highest BCUT2D eigenvalue weighted by atomic mass is 16.3. The molecular formula is C22H26N4O4. The molecule has 0 radical (unpaired) electrons. The minimum Gasteiger partial charge on any atom is -0.466 e. The number of benzene rings is 1. The van der Waals surface area contributed by atoms with Gasteiger partial charge in [-0.1, -0.05) is 12.8 Å². The van der Waals surface area contributed by atoms with Crippen molar-refractivity contribution in [3.63, 3.8) is 0 Å². The fourth-order valence-corrected chi connectivity index (χ4v) is 4.00. The molecule has 8 nitrogen and oxygen atoms in total. The number of anilines is 2. The molecule has 2 fully saturated rings. The Morgan fingerprint density at radius 3 is 2.43 bits per heavy atom. The molecule has 30 heavy (non-hydrogen) atoms. The molecule has 1 atom stereocenters. The van der Waals surface area contributed by atoms with Crippen molar-refractivity contribution in [2.24, 2.45) is 0 Å². The normalized spacial score (nSPS) is 22.0. The third kappa shape index (κ3) is 3.90. The van der Waals surface area contributed by atoms with Crippen LogP contribution in [0.2, 0.25) is 0 Å². The molecular weight excluding hydrogens is 384 g/mol. The number of rotatable bonds is 5. The highest BCUT2D eigenvalue weighted by molar-refractivity contribution is 6.10. The van der Waals surface area contributed by atoms with Crippen LogP contribution in [0.15, 0.2) is 47.1 Å². The summed E-state index contributed by atoms with van der Waals surface area (Å²) in [6.45, 7) is 3.29. The maximum atomic E-state index is 12.8. The zero-order valence-corrected chi connectivity index (χ0v) is 17.0. The van der Waals surface area contributed by atoms with E-state index in [-0.39, 0.29) is 6.54 Å². The Hall–Kier alpha value is -3.29. The van der Waals surface area contributed by atoms with E-state index in [1.54, 1.807) is 19.1 Å². The summed E-state index contributed by atoms with van der Waals surface area (Å²) in [6, 6.07) is 10.3. The first-order chi connectivity index (χ1) is 14.5. The Morgan fingerprint density at radius 1 is 1.10 bits per heavy atom. The second-order valence-electron chi connectivity index (χ2n) is 7.92. The van der Waals surface area contributed by atoms with Gasteiger partial charge in [0.2, 0.25) is 5.91 Å². The highest BCUT2D eigenvalue weighted by Gasteiger charge is 2.51. The lowest BCUT2D eigenvalue weighted by Gasteiger charge is -2.23. The van der Waals surface area contributed by atoms with Gasteiger partial charge in [0.05, 0.1) is 6.26 Å². The van der Waals surface area contributed by atoms with Crippen LogP contribution in [0.3, 0.4) is 0 Å². The molecule has 2 aromatic rings. The predicted octanol–water partition coefficient (Wildman–Crippen LogP) is 3.07. The molecule has 158 valence electrons. The number of carbonyl (C=O) groups excluding carboxylic acids is 3. The Kier molecular flexibility index (Phi) is 5.48. The fraction of sp³-hybridized carbons (Fsp3) is 0.409. The van der Waals surface area contributed by atoms with Gasteiger partial charge in [0.25, 0.3) is 5.91 Å². The molecule has 0 aliphatic carbocycles. The lowest BCUT2D eigenvalue weighted by Crippen LogP contribution is -2.41. The first kappa shape index (κ1) is 20.0. The lowest BCUT2D eigenvalue weighted by molar-refractivity contribution is -0.134. The van der Waals surface area contributed by atoms with Crippen molar-refractivity contribution < 1.29 is 18.8 Å². The second-order valence-corrected chi connectivity index (χ2v) is 7.92. The molecule has 0 saturated carbocycles. The average Bonchev–Trinajstić information content (AvgIpc) is 3.24. The summed E-state index contributed by atoms with van der Waals surface area (Å²) in [4.78, 5) is 40.8. The van der Waals surface area contributed by atoms with Gasteiger partial charge in [-0.2, -0.15) is 0 Å². The summed E-state index contributed by atoms with van der Waals surface area (Å²) < 4.78 is 5.29. The summed E-state index contributed by atoms with van der Waals surface area (Å²) in [7, 11) is 0. The molecule has 8 heteroatoms. The van der Waals surface area contributed by atoms with E-state index in [9.17, 15) is 14.4 Å². The number of imide groups is 1. The van der Waals surface area contributed by atoms with Gasteiger partial charge in [-0.3, -0.25) is 14.5 Å². The Morgan fingerprint density at radius 2 is 1.80 bits per heavy atom. The minimum absolute atomic E-state index is 0.327. The van der Waals surface area contributed by atoms with E-state index in [2.05, 4.69) is 15.5 Å². The van der Waals surface area contributed by atoms with Gasteiger partial charge in [-0.15, -0.1) is 0 Å². The van der Waals surface area contributed by atoms with E-state index in [0.717, 1.165) is 23.7 Å². The van der Waals surface area contributed by atoms with Crippen molar-refractivity contribution in [1.29, 1.82) is 0 Å². The monoisotopic (exact) mass is 410 g/mol. The van der Waals surface area contributed by atoms with Crippen LogP contribution in [-0.4, -0.2) is 42.4 Å². The van der Waals surface area contributed by atoms with Gasteiger partial charge in [0.15, 0.2) is 5.54 Å². The van der Waals surface area contributed by atoms with Gasteiger partial charge in [-0.25, -0.2) is 4.79 Å². The molecule has 2 saturated heterocycles. The molecule has 0 unspecified atom stereocenters. The molecule has 2 N–H and O–H groups in total. The van der Waals surface area contributed by atoms with E-state index in [4.69, 9.17) is 4.42 Å². The van der Waals surface area contributed by atoms with E-state index in [1.807, 2.05) is 24.3 Å². The van der Waals surface area contributed by atoms with Gasteiger partial charge >= 0.3 is 6.03 Å². The number of hydrogen-bond acceptors (Lipinski definition) is 5. The molecule has 1 aromatic heterocycles. The fourth-order valence-electron chi connectivity index (χ4n) is 4.00. The first-order valence-electron chi connectivity index (χ1n) is 10.3. The standard InChI is InChI=1S/C22H26N4O4/c1-22(18-7-6-14-30-18)20(28)26(21(29)24-22)15-19(27)23-16-8-10-17(11-9-16)25-12-4-2-3-5-13-25/h6-11,14H,2-5,12-13,15H2,1H3,(H,23,27)(H,24,29)/t22-/m0/s1. The van der Waals surface area contributed by atoms with Crippen LogP contribution in [-0.2, 0) is 15.1 Å². The third-order valence-corrected chi connectivity index (χ3v) is 5.71. The van der Waals surface area contributed by atoms with Crippen molar-refractivity contribution in [3.05, 3.63) is 48.4 Å². The molecule has 1 aromatic carbocycles. The van der Waals surface area contributed by atoms with Crippen molar-refractivity contribution in [3.8, 4) is 0 Å². The second kappa shape index (κ2) is 8.22. The van der Waals surface area contributed by atoms with Crippen molar-refractivity contribution in [1.82, 2.24) is 10.2 Å². The van der Waals surface area contributed by atoms with Crippen LogP contribution in [0.5, 0.6) is 0 Å². The molecule has 4 rings (SSSR count). The molecule has 2 aliphatic heterocycles. The lowest BCUT2D eigenvalue weighted by atomic mass is 9.99. The average molecular weight is 410 g/mol. The van der Waals surface area contributed by atoms with Crippen molar-refractivity contribution in [2.45, 2.75) is 38.1 Å². The van der Waals surface area contributed by atoms with Crippen LogP contribution in [0.4, 0.5) is 16.2 Å². The maximum absolute atomic E-state index is 12.8. The topological polar surface area (TPSA) is 94.9 Å². The summed E-state index contributed by atoms with van der Waals surface area (Å²) in [6.07, 6.45) is 6.37. The number of carbonyl (C=O) groups is 3. The zero-order chi connectivity index (χ0) is 21.1. The molecule has 3 heterocycles. The van der Waals surface area contributed by atoms with E-state index in [0.29, 0.717) is 11.4 Å². The summed E-state index contributed by atoms with van der Waals surface area (Å²) in [5, 5.41) is 5.37. The summed E-state index contributed by atoms with van der Waals surface area (Å²) in [5.41, 5.74) is 0.452. The van der Waals surface area contributed by atoms with Gasteiger partial charge in [0.1, 0.15) is 12.3 Å². The largest absolute Gasteiger partial charge is 0.466 e. The molecule has 0 spiro atoms. The number of amides is 4. The van der Waals surface area contributed by atoms with E-state index in [1.165, 1.54) is 31.9 Å². The highest BCUT2D eigenvalue weighted by Crippen LogP contribution is 2.29. The van der Waals surface area contributed by atoms with Crippen LogP contribution >= 0.6 is 0 Å². The SMILES string of the molecule is C[C@@]1(c2ccco2)NC(=O)N(CC(=O)Nc2ccc(N3CCCCCC3)cc2)C1=O. The van der Waals surface area contributed by atoms with E-state index < -0.39 is 23.4 Å². The maximum Gasteiger partial charge on any atom is 0.325 e. The third-order valence-electron chi connectivity index (χ3n) is 5.71. The number of nitrogens with zero attached hydrogens (tertiary/aromatic N) is 2. The first-order valence-corrected chi connectivity index (χ1v) is 10.3. The molecule has 0 bridgehead atoms. The Bertz CT molecular complexity index is 917. The summed E-state index contributed by atoms with van der Waals surface area (Å²) >= 11 is 0. The quantitative estimate of drug-likeness (QED) is 0.739. The smallest absolute Gasteiger partial charge is 0.325 e. The Balaban J connectivity index is 1.37. The molecule has 2 aliphatic rings. The number of urea groups is 1. The van der Waals surface area contributed by atoms with Crippen LogP contribution in [0.25, 0.3) is 0 Å². The van der Waals surface area contributed by atoms with Crippen LogP contribution < -0.4 is 15.5 Å². The van der Waals surface area contributed by atoms with Gasteiger partial charge in [0, 0.05) is 24.5 Å². The zero-order valence-electron chi connectivity index (χ0n) is 17.0. The van der Waals surface area contributed by atoms with Gasteiger partial charge < -0.3 is 20.0 Å². The summed E-state index contributed by atoms with van der Waals surface area (Å²) in [5.74, 6) is -0.633. The van der Waals surface area contributed by atoms with Gasteiger partial charge in [-0.05, 0) is 56.2 Å². The number of hydrogen-bond donors (Lipinski definition) is 2. The predicted molar refractivity (Wildman–Crippen MR) is 112 cm³/mol. The molecule has 4 amide bonds. The van der Waals surface area contributed by atoms with Crippen molar-refractivity contribution in [2.75, 3.05) is 29.9 Å². The van der Waals surface area contributed by atoms with E-state index >= 15 is 0 Å². The van der Waals surface area contributed by atoms with Crippen LogP contribution in [0.1, 0.15) is 38.4 Å². The van der Waals surface area contributed by atoms with Crippen molar-refractivity contribution >= 4 is 29.2 Å². The minimum atomic E-state index is -1.31. The van der Waals surface area contributed by atoms with Crippen LogP contribution in [0, 0.1) is 0 Å². The number of nitrogens with one attached hydrogen (secondary N) is 2. The Labute approximate surface area is 175 Å².